The minimum atomic E-state index is -3.56. The molecule has 0 N–H and O–H groups in total. The van der Waals surface area contributed by atoms with Gasteiger partial charge in [0.2, 0.25) is 0 Å². The molecule has 1 radical (unpaired) electrons. The van der Waals surface area contributed by atoms with Crippen molar-refractivity contribution in [2.75, 3.05) is 0 Å². The molecule has 0 aliphatic heterocycles. The van der Waals surface area contributed by atoms with Gasteiger partial charge >= 0.3 is 0 Å². The first kappa shape index (κ1) is 12.9. The highest BCUT2D eigenvalue weighted by molar-refractivity contribution is 7.90. The van der Waals surface area contributed by atoms with Crippen LogP contribution in [-0.4, -0.2) is 12.4 Å². The van der Waals surface area contributed by atoms with E-state index in [4.69, 9.17) is 0 Å². The lowest BCUT2D eigenvalue weighted by Crippen LogP contribution is -2.11. The average molecular weight is 284 g/mol. The maximum Gasteiger partial charge on any atom is 0.268 e. The minimum Gasteiger partial charge on any atom is -0.241 e. The number of aryl methyl sites for hydroxylation is 1. The summed E-state index contributed by atoms with van der Waals surface area (Å²) < 4.78 is 26.6. The summed E-state index contributed by atoms with van der Waals surface area (Å²) in [5.41, 5.74) is 2.56. The molecular formula is C16H14NO2S. The number of benzene rings is 2. The van der Waals surface area contributed by atoms with E-state index >= 15 is 0 Å². The second-order valence-electron chi connectivity index (χ2n) is 4.82. The maximum absolute atomic E-state index is 12.7. The Morgan fingerprint density at radius 2 is 1.70 bits per heavy atom. The summed E-state index contributed by atoms with van der Waals surface area (Å²) in [5, 5.41) is 0.869. The molecule has 0 spiro atoms. The average Bonchev–Trinajstić information content (AvgIpc) is 2.82. The normalized spacial score (nSPS) is 11.9. The Labute approximate surface area is 118 Å². The topological polar surface area (TPSA) is 39.1 Å². The van der Waals surface area contributed by atoms with Crippen molar-refractivity contribution in [3.63, 3.8) is 0 Å². The van der Waals surface area contributed by atoms with Crippen molar-refractivity contribution in [2.45, 2.75) is 11.8 Å². The van der Waals surface area contributed by atoms with Crippen molar-refractivity contribution in [1.82, 2.24) is 3.97 Å². The number of nitrogens with zero attached hydrogens (tertiary/aromatic N) is 1. The lowest BCUT2D eigenvalue weighted by molar-refractivity contribution is 0.589. The quantitative estimate of drug-likeness (QED) is 0.723. The fourth-order valence-electron chi connectivity index (χ4n) is 2.20. The third-order valence-corrected chi connectivity index (χ3v) is 5.00. The second kappa shape index (κ2) is 4.49. The minimum absolute atomic E-state index is 0.291. The number of rotatable bonds is 2. The van der Waals surface area contributed by atoms with Crippen LogP contribution in [0.15, 0.2) is 59.6 Å². The highest BCUT2D eigenvalue weighted by Crippen LogP contribution is 2.23. The Morgan fingerprint density at radius 3 is 2.40 bits per heavy atom. The van der Waals surface area contributed by atoms with E-state index in [0.717, 1.165) is 16.5 Å². The summed E-state index contributed by atoms with van der Waals surface area (Å²) in [7, 11) is -3.56. The molecule has 0 bridgehead atoms. The predicted octanol–water partition coefficient (Wildman–Crippen LogP) is 3.37. The lowest BCUT2D eigenvalue weighted by atomic mass is 10.2. The van der Waals surface area contributed by atoms with E-state index in [1.807, 2.05) is 19.1 Å². The third-order valence-electron chi connectivity index (χ3n) is 3.30. The van der Waals surface area contributed by atoms with Crippen molar-refractivity contribution in [3.8, 4) is 0 Å². The molecule has 3 aromatic rings. The van der Waals surface area contributed by atoms with E-state index in [2.05, 4.69) is 6.92 Å². The van der Waals surface area contributed by atoms with Gasteiger partial charge in [-0.05, 0) is 49.7 Å². The molecule has 0 aliphatic rings. The summed E-state index contributed by atoms with van der Waals surface area (Å²) in [6.07, 6.45) is 1.58. The summed E-state index contributed by atoms with van der Waals surface area (Å²) in [5.74, 6) is 0. The number of hydrogen-bond acceptors (Lipinski definition) is 2. The van der Waals surface area contributed by atoms with Crippen molar-refractivity contribution in [2.24, 2.45) is 0 Å². The number of hydrogen-bond donors (Lipinski definition) is 0. The van der Waals surface area contributed by atoms with Crippen LogP contribution in [0.25, 0.3) is 10.9 Å². The maximum atomic E-state index is 12.7. The molecular weight excluding hydrogens is 270 g/mol. The van der Waals surface area contributed by atoms with E-state index in [9.17, 15) is 8.42 Å². The fraction of sp³-hybridized carbons (Fsp3) is 0.0625. The predicted molar refractivity (Wildman–Crippen MR) is 80.2 cm³/mol. The van der Waals surface area contributed by atoms with Crippen LogP contribution >= 0.6 is 0 Å². The molecule has 0 unspecified atom stereocenters. The molecule has 4 heteroatoms. The van der Waals surface area contributed by atoms with Gasteiger partial charge < -0.3 is 0 Å². The van der Waals surface area contributed by atoms with Crippen LogP contribution in [0, 0.1) is 13.8 Å². The standard InChI is InChI=1S/C16H14NO2S/c1-12-3-6-15(7-4-12)20(18,19)17-10-9-14-11-13(2)5-8-16(14)17/h3-11H,2H2,1H3. The molecule has 0 fully saturated rings. The summed E-state index contributed by atoms with van der Waals surface area (Å²) >= 11 is 0. The van der Waals surface area contributed by atoms with Gasteiger partial charge in [-0.15, -0.1) is 0 Å². The first-order valence-electron chi connectivity index (χ1n) is 6.24. The van der Waals surface area contributed by atoms with Crippen LogP contribution in [0.5, 0.6) is 0 Å². The first-order valence-corrected chi connectivity index (χ1v) is 7.68. The van der Waals surface area contributed by atoms with Crippen LogP contribution in [0.2, 0.25) is 0 Å². The highest BCUT2D eigenvalue weighted by atomic mass is 32.2. The molecule has 0 saturated carbocycles. The van der Waals surface area contributed by atoms with Gasteiger partial charge in [-0.1, -0.05) is 23.8 Å². The van der Waals surface area contributed by atoms with E-state index < -0.39 is 10.0 Å². The summed E-state index contributed by atoms with van der Waals surface area (Å²) in [4.78, 5) is 0.291. The summed E-state index contributed by atoms with van der Waals surface area (Å²) in [6.45, 7) is 5.78. The molecule has 0 amide bonds. The number of fused-ring (bicyclic) bond motifs is 1. The molecule has 0 atom stereocenters. The molecule has 0 aliphatic carbocycles. The van der Waals surface area contributed by atoms with Crippen molar-refractivity contribution < 1.29 is 8.42 Å². The largest absolute Gasteiger partial charge is 0.268 e. The van der Waals surface area contributed by atoms with Crippen molar-refractivity contribution >= 4 is 20.9 Å². The van der Waals surface area contributed by atoms with Gasteiger partial charge in [0.15, 0.2) is 0 Å². The first-order chi connectivity index (χ1) is 9.48. The highest BCUT2D eigenvalue weighted by Gasteiger charge is 2.18. The fourth-order valence-corrected chi connectivity index (χ4v) is 3.55. The molecule has 3 rings (SSSR count). The molecule has 0 saturated heterocycles. The van der Waals surface area contributed by atoms with Gasteiger partial charge in [-0.3, -0.25) is 0 Å². The zero-order valence-corrected chi connectivity index (χ0v) is 11.9. The van der Waals surface area contributed by atoms with E-state index in [1.165, 1.54) is 3.97 Å². The third kappa shape index (κ3) is 2.02. The van der Waals surface area contributed by atoms with Crippen LogP contribution in [-0.2, 0) is 10.0 Å². The molecule has 2 aromatic carbocycles. The lowest BCUT2D eigenvalue weighted by Gasteiger charge is -2.08. The Hall–Kier alpha value is -2.07. The van der Waals surface area contributed by atoms with Crippen LogP contribution in [0.1, 0.15) is 11.1 Å². The molecule has 3 nitrogen and oxygen atoms in total. The van der Waals surface area contributed by atoms with Gasteiger partial charge in [-0.25, -0.2) is 12.4 Å². The second-order valence-corrected chi connectivity index (χ2v) is 6.64. The zero-order chi connectivity index (χ0) is 14.3. The van der Waals surface area contributed by atoms with Crippen LogP contribution < -0.4 is 0 Å². The Balaban J connectivity index is 2.21. The SMILES string of the molecule is [CH2]c1ccc2c(ccn2S(=O)(=O)c2ccc(C)cc2)c1. The monoisotopic (exact) mass is 284 g/mol. The van der Waals surface area contributed by atoms with Crippen LogP contribution in [0.4, 0.5) is 0 Å². The van der Waals surface area contributed by atoms with Gasteiger partial charge in [0, 0.05) is 11.6 Å². The summed E-state index contributed by atoms with van der Waals surface area (Å²) in [6, 6.07) is 14.1. The van der Waals surface area contributed by atoms with Gasteiger partial charge in [0.05, 0.1) is 10.4 Å². The van der Waals surface area contributed by atoms with Crippen LogP contribution in [0.3, 0.4) is 0 Å². The zero-order valence-electron chi connectivity index (χ0n) is 11.1. The van der Waals surface area contributed by atoms with Crippen molar-refractivity contribution in [3.05, 3.63) is 72.8 Å². The molecule has 20 heavy (non-hydrogen) atoms. The van der Waals surface area contributed by atoms with Crippen molar-refractivity contribution in [1.29, 1.82) is 0 Å². The van der Waals surface area contributed by atoms with E-state index in [1.54, 1.807) is 42.6 Å². The van der Waals surface area contributed by atoms with Gasteiger partial charge in [0.1, 0.15) is 0 Å². The molecule has 1 aromatic heterocycles. The van der Waals surface area contributed by atoms with E-state index in [0.29, 0.717) is 10.4 Å². The van der Waals surface area contributed by atoms with E-state index in [-0.39, 0.29) is 0 Å². The molecule has 1 heterocycles. The Bertz CT molecular complexity index is 874. The van der Waals surface area contributed by atoms with Gasteiger partial charge in [0.25, 0.3) is 10.0 Å². The molecule has 101 valence electrons. The smallest absolute Gasteiger partial charge is 0.241 e. The Morgan fingerprint density at radius 1 is 1.00 bits per heavy atom. The Kier molecular flexibility index (Phi) is 2.91. The number of aromatic nitrogens is 1. The van der Waals surface area contributed by atoms with Gasteiger partial charge in [-0.2, -0.15) is 0 Å².